The van der Waals surface area contributed by atoms with E-state index in [0.717, 1.165) is 50.3 Å². The maximum absolute atomic E-state index is 6.47. The Hall–Kier alpha value is -4.50. The topological polar surface area (TPSA) is 44.9 Å². The molecule has 0 aliphatic carbocycles. The molecule has 5 nitrogen and oxygen atoms in total. The number of hydrogen-bond donors (Lipinski definition) is 0. The SMILES string of the molecule is Cc1ccnc(-n2c3[c-]c(Oc4[c-]c(-n5nc(C)c(-c6c(C)cc(C)cc6C)c5C(C)(C)C)ccc4)ccc3c3ccccc32)c1.[Pd+2]. The summed E-state index contributed by atoms with van der Waals surface area (Å²) in [5, 5.41) is 7.35. The molecule has 3 aromatic heterocycles. The van der Waals surface area contributed by atoms with Crippen molar-refractivity contribution in [2.45, 2.75) is 60.8 Å². The van der Waals surface area contributed by atoms with E-state index in [1.54, 1.807) is 0 Å². The molecule has 0 saturated heterocycles. The van der Waals surface area contributed by atoms with Crippen LogP contribution in [0.15, 0.2) is 85.1 Å². The van der Waals surface area contributed by atoms with E-state index in [2.05, 4.69) is 121 Å². The van der Waals surface area contributed by atoms with Gasteiger partial charge in [-0.25, -0.2) is 4.98 Å². The van der Waals surface area contributed by atoms with Crippen LogP contribution >= 0.6 is 0 Å². The van der Waals surface area contributed by atoms with E-state index < -0.39 is 0 Å². The summed E-state index contributed by atoms with van der Waals surface area (Å²) in [5.41, 5.74) is 12.2. The third kappa shape index (κ3) is 5.82. The molecule has 4 aromatic carbocycles. The van der Waals surface area contributed by atoms with Gasteiger partial charge in [0, 0.05) is 34.2 Å². The Morgan fingerprint density at radius 3 is 2.15 bits per heavy atom. The maximum Gasteiger partial charge on any atom is 2.00 e. The number of aryl methyl sites for hydroxylation is 5. The molecule has 0 aliphatic rings. The third-order valence-electron chi connectivity index (χ3n) is 8.59. The number of nitrogens with zero attached hydrogens (tertiary/aromatic N) is 4. The minimum atomic E-state index is -0.179. The van der Waals surface area contributed by atoms with E-state index in [-0.39, 0.29) is 25.8 Å². The number of aromatic nitrogens is 4. The first-order chi connectivity index (χ1) is 22.0. The van der Waals surface area contributed by atoms with E-state index in [1.807, 2.05) is 41.2 Å². The van der Waals surface area contributed by atoms with Gasteiger partial charge >= 0.3 is 20.4 Å². The number of hydrogen-bond acceptors (Lipinski definition) is 3. The molecule has 0 unspecified atom stereocenters. The molecule has 3 heterocycles. The van der Waals surface area contributed by atoms with Gasteiger partial charge in [0.05, 0.1) is 11.4 Å². The van der Waals surface area contributed by atoms with Gasteiger partial charge in [0.2, 0.25) is 0 Å². The van der Waals surface area contributed by atoms with Crippen LogP contribution in [-0.4, -0.2) is 19.3 Å². The molecule has 0 bridgehead atoms. The molecule has 0 aliphatic heterocycles. The van der Waals surface area contributed by atoms with Crippen molar-refractivity contribution in [1.29, 1.82) is 0 Å². The van der Waals surface area contributed by atoms with Crippen LogP contribution in [0.25, 0.3) is 44.4 Å². The van der Waals surface area contributed by atoms with E-state index in [0.29, 0.717) is 11.5 Å². The second-order valence-corrected chi connectivity index (χ2v) is 13.4. The van der Waals surface area contributed by atoms with Crippen LogP contribution in [0.3, 0.4) is 0 Å². The third-order valence-corrected chi connectivity index (χ3v) is 8.59. The van der Waals surface area contributed by atoms with Crippen LogP contribution < -0.4 is 4.74 Å². The van der Waals surface area contributed by atoms with Crippen molar-refractivity contribution in [1.82, 2.24) is 19.3 Å². The zero-order valence-electron chi connectivity index (χ0n) is 28.1. The van der Waals surface area contributed by atoms with Gasteiger partial charge in [0.1, 0.15) is 5.82 Å². The van der Waals surface area contributed by atoms with E-state index >= 15 is 0 Å². The Balaban J connectivity index is 0.00000386. The number of benzene rings is 4. The molecule has 47 heavy (non-hydrogen) atoms. The van der Waals surface area contributed by atoms with Gasteiger partial charge in [-0.15, -0.1) is 35.7 Å². The Kier molecular flexibility index (Phi) is 8.47. The molecular formula is C41H38N4OPd. The number of pyridine rings is 1. The fourth-order valence-corrected chi connectivity index (χ4v) is 6.82. The van der Waals surface area contributed by atoms with Crippen molar-refractivity contribution in [3.05, 3.63) is 131 Å². The molecule has 7 aromatic rings. The van der Waals surface area contributed by atoms with E-state index in [1.165, 1.54) is 27.8 Å². The molecule has 0 spiro atoms. The van der Waals surface area contributed by atoms with Crippen LogP contribution in [0.4, 0.5) is 0 Å². The zero-order chi connectivity index (χ0) is 32.3. The normalized spacial score (nSPS) is 11.7. The Morgan fingerprint density at radius 2 is 1.43 bits per heavy atom. The summed E-state index contributed by atoms with van der Waals surface area (Å²) in [5.74, 6) is 2.06. The Bertz CT molecular complexity index is 2260. The summed E-state index contributed by atoms with van der Waals surface area (Å²) in [4.78, 5) is 4.70. The molecule has 0 amide bonds. The molecule has 7 rings (SSSR count). The summed E-state index contributed by atoms with van der Waals surface area (Å²) in [6, 6.07) is 34.1. The standard InChI is InChI=1S/C41H38N4O.Pd/c1-25-18-19-42-37(22-25)44-35-15-10-9-14-33(35)34-17-16-32(24-36(34)44)46-31-13-11-12-30(23-31)45-40(41(6,7)8)39(29(5)43-45)38-27(3)20-26(2)21-28(38)4;/h9-22H,1-8H3;/q-2;+2. The van der Waals surface area contributed by atoms with Gasteiger partial charge in [0.25, 0.3) is 0 Å². The molecule has 0 N–H and O–H groups in total. The molecule has 238 valence electrons. The number of rotatable bonds is 5. The second kappa shape index (κ2) is 12.3. The quantitative estimate of drug-likeness (QED) is 0.132. The van der Waals surface area contributed by atoms with Crippen LogP contribution in [0.2, 0.25) is 0 Å². The van der Waals surface area contributed by atoms with Crippen LogP contribution in [-0.2, 0) is 25.8 Å². The van der Waals surface area contributed by atoms with Crippen LogP contribution in [0.1, 0.15) is 54.4 Å². The summed E-state index contributed by atoms with van der Waals surface area (Å²) < 4.78 is 10.7. The molecule has 0 fully saturated rings. The van der Waals surface area contributed by atoms with Crippen LogP contribution in [0.5, 0.6) is 11.5 Å². The molecule has 6 heteroatoms. The van der Waals surface area contributed by atoms with Crippen molar-refractivity contribution in [3.8, 4) is 34.1 Å². The first kappa shape index (κ1) is 32.4. The van der Waals surface area contributed by atoms with Gasteiger partial charge in [-0.2, -0.15) is 17.2 Å². The Labute approximate surface area is 290 Å². The second-order valence-electron chi connectivity index (χ2n) is 13.4. The molecule has 0 saturated carbocycles. The van der Waals surface area contributed by atoms with Crippen molar-refractivity contribution < 1.29 is 25.2 Å². The minimum Gasteiger partial charge on any atom is -0.509 e. The Morgan fingerprint density at radius 1 is 0.702 bits per heavy atom. The fraction of sp³-hybridized carbons (Fsp3) is 0.220. The van der Waals surface area contributed by atoms with Gasteiger partial charge in [-0.05, 0) is 86.1 Å². The van der Waals surface area contributed by atoms with E-state index in [9.17, 15) is 0 Å². The van der Waals surface area contributed by atoms with Gasteiger partial charge in [-0.3, -0.25) is 4.68 Å². The number of para-hydroxylation sites is 1. The predicted octanol–water partition coefficient (Wildman–Crippen LogP) is 10.3. The smallest absolute Gasteiger partial charge is 0.509 e. The predicted molar refractivity (Wildman–Crippen MR) is 188 cm³/mol. The van der Waals surface area contributed by atoms with Crippen molar-refractivity contribution in [3.63, 3.8) is 0 Å². The zero-order valence-corrected chi connectivity index (χ0v) is 29.7. The van der Waals surface area contributed by atoms with Gasteiger partial charge in [-0.1, -0.05) is 62.2 Å². The summed E-state index contributed by atoms with van der Waals surface area (Å²) in [7, 11) is 0. The van der Waals surface area contributed by atoms with Crippen LogP contribution in [0, 0.1) is 46.8 Å². The number of ether oxygens (including phenoxy) is 1. The average molecular weight is 709 g/mol. The van der Waals surface area contributed by atoms with Gasteiger partial charge < -0.3 is 9.30 Å². The fourth-order valence-electron chi connectivity index (χ4n) is 6.82. The minimum absolute atomic E-state index is 0. The summed E-state index contributed by atoms with van der Waals surface area (Å²) in [6.07, 6.45) is 1.85. The first-order valence-corrected chi connectivity index (χ1v) is 15.8. The van der Waals surface area contributed by atoms with Gasteiger partial charge in [0.15, 0.2) is 0 Å². The van der Waals surface area contributed by atoms with Crippen molar-refractivity contribution in [2.75, 3.05) is 0 Å². The number of fused-ring (bicyclic) bond motifs is 3. The van der Waals surface area contributed by atoms with E-state index in [4.69, 9.17) is 14.8 Å². The van der Waals surface area contributed by atoms with Crippen molar-refractivity contribution >= 4 is 21.8 Å². The molecule has 0 atom stereocenters. The summed E-state index contributed by atoms with van der Waals surface area (Å²) in [6.45, 7) is 17.5. The monoisotopic (exact) mass is 708 g/mol. The maximum atomic E-state index is 6.47. The average Bonchev–Trinajstić information content (AvgIpc) is 3.51. The largest absolute Gasteiger partial charge is 2.00 e. The van der Waals surface area contributed by atoms with Crippen molar-refractivity contribution in [2.24, 2.45) is 0 Å². The summed E-state index contributed by atoms with van der Waals surface area (Å²) >= 11 is 0. The molecular weight excluding hydrogens is 671 g/mol. The molecule has 0 radical (unpaired) electrons. The first-order valence-electron chi connectivity index (χ1n) is 15.8.